The second-order valence-corrected chi connectivity index (χ2v) is 14.3. The first kappa shape index (κ1) is 29.9. The lowest BCUT2D eigenvalue weighted by atomic mass is 9.95. The fourth-order valence-corrected chi connectivity index (χ4v) is 8.50. The van der Waals surface area contributed by atoms with E-state index in [4.69, 9.17) is 0 Å². The molecular weight excluding hydrogens is 576 g/mol. The summed E-state index contributed by atoms with van der Waals surface area (Å²) in [5, 5.41) is 5.78. The quantitative estimate of drug-likeness (QED) is 0.402. The van der Waals surface area contributed by atoms with E-state index in [1.54, 1.807) is 60.7 Å². The van der Waals surface area contributed by atoms with Crippen molar-refractivity contribution in [3.05, 3.63) is 90.5 Å². The molecule has 10 nitrogen and oxygen atoms in total. The summed E-state index contributed by atoms with van der Waals surface area (Å²) in [6.07, 6.45) is 5.00. The molecule has 2 aliphatic rings. The summed E-state index contributed by atoms with van der Waals surface area (Å²) in [7, 11) is -8.16. The van der Waals surface area contributed by atoms with Gasteiger partial charge in [-0.1, -0.05) is 67.8 Å². The van der Waals surface area contributed by atoms with Gasteiger partial charge >= 0.3 is 0 Å². The molecule has 5 rings (SSSR count). The molecule has 1 heterocycles. The molecule has 0 unspecified atom stereocenters. The van der Waals surface area contributed by atoms with Crippen molar-refractivity contribution in [2.24, 2.45) is 0 Å². The van der Waals surface area contributed by atoms with Crippen LogP contribution in [0, 0.1) is 0 Å². The minimum atomic E-state index is -4.16. The number of anilines is 1. The molecule has 0 aromatic heterocycles. The van der Waals surface area contributed by atoms with Crippen LogP contribution in [0.3, 0.4) is 0 Å². The Hall–Kier alpha value is -3.58. The van der Waals surface area contributed by atoms with Gasteiger partial charge in [0, 0.05) is 25.7 Å². The Kier molecular flexibility index (Phi) is 9.07. The topological polar surface area (TPSA) is 133 Å². The monoisotopic (exact) mass is 610 g/mol. The van der Waals surface area contributed by atoms with E-state index in [0.29, 0.717) is 0 Å². The highest BCUT2D eigenvalue weighted by molar-refractivity contribution is 7.89. The summed E-state index contributed by atoms with van der Waals surface area (Å²) in [5.41, 5.74) is 0.467. The van der Waals surface area contributed by atoms with Crippen molar-refractivity contribution in [3.63, 3.8) is 0 Å². The van der Waals surface area contributed by atoms with Crippen molar-refractivity contribution in [1.82, 2.24) is 13.9 Å². The molecule has 42 heavy (non-hydrogen) atoms. The van der Waals surface area contributed by atoms with Gasteiger partial charge in [-0.05, 0) is 49.2 Å². The number of hydrogen-bond donors (Lipinski definition) is 2. The third-order valence-corrected chi connectivity index (χ3v) is 11.5. The van der Waals surface area contributed by atoms with Crippen LogP contribution < -0.4 is 10.6 Å². The fraction of sp³-hybridized carbons (Fsp3) is 0.333. The van der Waals surface area contributed by atoms with E-state index < -0.39 is 38.5 Å². The molecule has 0 bridgehead atoms. The molecule has 1 saturated heterocycles. The minimum Gasteiger partial charge on any atom is -0.349 e. The van der Waals surface area contributed by atoms with Crippen molar-refractivity contribution in [3.8, 4) is 0 Å². The van der Waals surface area contributed by atoms with Crippen LogP contribution in [0.4, 0.5) is 5.69 Å². The maximum absolute atomic E-state index is 13.9. The number of carbonyl (C=O) groups is 2. The highest BCUT2D eigenvalue weighted by Gasteiger charge is 2.43. The van der Waals surface area contributed by atoms with Gasteiger partial charge in [-0.15, -0.1) is 0 Å². The first-order valence-corrected chi connectivity index (χ1v) is 16.9. The van der Waals surface area contributed by atoms with E-state index in [0.717, 1.165) is 40.7 Å². The zero-order chi connectivity index (χ0) is 29.7. The summed E-state index contributed by atoms with van der Waals surface area (Å²) in [4.78, 5) is 27.1. The van der Waals surface area contributed by atoms with Crippen LogP contribution in [0.1, 0.15) is 42.5 Å². The zero-order valence-corrected chi connectivity index (χ0v) is 24.7. The normalized spacial score (nSPS) is 19.2. The van der Waals surface area contributed by atoms with Crippen LogP contribution in [-0.2, 0) is 24.8 Å². The number of amides is 2. The molecule has 1 aliphatic heterocycles. The summed E-state index contributed by atoms with van der Waals surface area (Å²) in [6, 6.07) is 20.7. The molecule has 1 saturated carbocycles. The van der Waals surface area contributed by atoms with Crippen LogP contribution in [0.2, 0.25) is 0 Å². The van der Waals surface area contributed by atoms with Crippen molar-refractivity contribution < 1.29 is 26.4 Å². The van der Waals surface area contributed by atoms with Crippen LogP contribution >= 0.6 is 0 Å². The standard InChI is InChI=1S/C30H34N4O6S2/c35-29(31-23-12-4-1-5-13-23)26-18-10-11-19-27(26)32-30(36)28-22-33(41(37,38)24-14-6-2-7-15-24)20-21-34(28)42(39,40)25-16-8-3-9-17-25/h2-3,6-11,14-19,23,28H,1,4-5,12-13,20-22H2,(H,31,35)(H,32,36)/t28-/m0/s1. The third kappa shape index (κ3) is 6.41. The maximum Gasteiger partial charge on any atom is 0.253 e. The van der Waals surface area contributed by atoms with Crippen molar-refractivity contribution in [1.29, 1.82) is 0 Å². The van der Waals surface area contributed by atoms with Crippen LogP contribution in [0.5, 0.6) is 0 Å². The molecule has 0 radical (unpaired) electrons. The summed E-state index contributed by atoms with van der Waals surface area (Å²) < 4.78 is 56.4. The number of rotatable bonds is 8. The Balaban J connectivity index is 1.44. The zero-order valence-electron chi connectivity index (χ0n) is 23.1. The number of nitrogens with one attached hydrogen (secondary N) is 2. The summed E-state index contributed by atoms with van der Waals surface area (Å²) >= 11 is 0. The molecule has 222 valence electrons. The maximum atomic E-state index is 13.9. The molecule has 3 aromatic carbocycles. The molecule has 1 atom stereocenters. The highest BCUT2D eigenvalue weighted by Crippen LogP contribution is 2.27. The second kappa shape index (κ2) is 12.7. The van der Waals surface area contributed by atoms with Gasteiger partial charge < -0.3 is 10.6 Å². The highest BCUT2D eigenvalue weighted by atomic mass is 32.2. The van der Waals surface area contributed by atoms with E-state index in [1.165, 1.54) is 24.3 Å². The average molecular weight is 611 g/mol. The van der Waals surface area contributed by atoms with Gasteiger partial charge in [-0.25, -0.2) is 16.8 Å². The Bertz CT molecular complexity index is 1630. The van der Waals surface area contributed by atoms with Crippen molar-refractivity contribution in [2.75, 3.05) is 25.0 Å². The van der Waals surface area contributed by atoms with Crippen LogP contribution in [0.25, 0.3) is 0 Å². The van der Waals surface area contributed by atoms with Gasteiger partial charge in [0.1, 0.15) is 6.04 Å². The predicted octanol–water partition coefficient (Wildman–Crippen LogP) is 3.45. The fourth-order valence-electron chi connectivity index (χ4n) is 5.45. The molecule has 2 fully saturated rings. The van der Waals surface area contributed by atoms with E-state index in [1.807, 2.05) is 0 Å². The van der Waals surface area contributed by atoms with Gasteiger partial charge in [-0.3, -0.25) is 9.59 Å². The Morgan fingerprint density at radius 3 is 1.90 bits per heavy atom. The Morgan fingerprint density at radius 2 is 1.26 bits per heavy atom. The minimum absolute atomic E-state index is 0.00516. The summed E-state index contributed by atoms with van der Waals surface area (Å²) in [5.74, 6) is -1.07. The number of carbonyl (C=O) groups excluding carboxylic acids is 2. The van der Waals surface area contributed by atoms with E-state index in [9.17, 15) is 26.4 Å². The Labute approximate surface area is 246 Å². The molecule has 2 amide bonds. The first-order valence-electron chi connectivity index (χ1n) is 14.0. The van der Waals surface area contributed by atoms with E-state index in [2.05, 4.69) is 10.6 Å². The molecule has 12 heteroatoms. The SMILES string of the molecule is O=C(NC1CCCCC1)c1ccccc1NC(=O)[C@@H]1CN(S(=O)(=O)c2ccccc2)CCN1S(=O)(=O)c1ccccc1. The predicted molar refractivity (Wildman–Crippen MR) is 159 cm³/mol. The van der Waals surface area contributed by atoms with Crippen molar-refractivity contribution >= 4 is 37.5 Å². The Morgan fingerprint density at radius 1 is 0.690 bits per heavy atom. The molecular formula is C30H34N4O6S2. The number of para-hydroxylation sites is 1. The molecule has 1 aliphatic carbocycles. The first-order chi connectivity index (χ1) is 20.2. The number of hydrogen-bond acceptors (Lipinski definition) is 6. The van der Waals surface area contributed by atoms with Crippen LogP contribution in [0.15, 0.2) is 94.7 Å². The largest absolute Gasteiger partial charge is 0.349 e. The van der Waals surface area contributed by atoms with Gasteiger partial charge in [0.05, 0.1) is 21.0 Å². The second-order valence-electron chi connectivity index (χ2n) is 10.5. The van der Waals surface area contributed by atoms with E-state index >= 15 is 0 Å². The third-order valence-electron chi connectivity index (χ3n) is 7.70. The number of benzene rings is 3. The number of piperazine rings is 1. The smallest absolute Gasteiger partial charge is 0.253 e. The van der Waals surface area contributed by atoms with Crippen LogP contribution in [-0.4, -0.2) is 69.0 Å². The number of nitrogens with zero attached hydrogens (tertiary/aromatic N) is 2. The lowest BCUT2D eigenvalue weighted by molar-refractivity contribution is -0.120. The van der Waals surface area contributed by atoms with Gasteiger partial charge in [0.15, 0.2) is 0 Å². The number of sulfonamides is 2. The molecule has 2 N–H and O–H groups in total. The van der Waals surface area contributed by atoms with Crippen molar-refractivity contribution in [2.45, 2.75) is 54.0 Å². The molecule has 0 spiro atoms. The van der Waals surface area contributed by atoms with E-state index in [-0.39, 0.29) is 46.1 Å². The van der Waals surface area contributed by atoms with Gasteiger partial charge in [-0.2, -0.15) is 8.61 Å². The lowest BCUT2D eigenvalue weighted by Crippen LogP contribution is -2.60. The molecule has 3 aromatic rings. The summed E-state index contributed by atoms with van der Waals surface area (Å²) in [6.45, 7) is -0.760. The van der Waals surface area contributed by atoms with Gasteiger partial charge in [0.2, 0.25) is 26.0 Å². The average Bonchev–Trinajstić information content (AvgIpc) is 3.02. The van der Waals surface area contributed by atoms with Gasteiger partial charge in [0.25, 0.3) is 5.91 Å². The lowest BCUT2D eigenvalue weighted by Gasteiger charge is -2.39.